The van der Waals surface area contributed by atoms with Crippen LogP contribution in [-0.2, 0) is 16.0 Å². The fourth-order valence-electron chi connectivity index (χ4n) is 1.38. The largest absolute Gasteiger partial charge is 0.573 e. The van der Waals surface area contributed by atoms with E-state index in [4.69, 9.17) is 5.73 Å². The first-order valence-corrected chi connectivity index (χ1v) is 5.10. The van der Waals surface area contributed by atoms with Gasteiger partial charge in [0, 0.05) is 6.42 Å². The van der Waals surface area contributed by atoms with Crippen molar-refractivity contribution in [3.8, 4) is 5.75 Å². The van der Waals surface area contributed by atoms with E-state index in [0.717, 1.165) is 25.3 Å². The van der Waals surface area contributed by atoms with Crippen molar-refractivity contribution in [2.75, 3.05) is 7.11 Å². The third-order valence-electron chi connectivity index (χ3n) is 2.19. The summed E-state index contributed by atoms with van der Waals surface area (Å²) in [6.45, 7) is 0. The lowest BCUT2D eigenvalue weighted by atomic mass is 10.1. The Labute approximate surface area is 106 Å². The lowest BCUT2D eigenvalue weighted by Gasteiger charge is -2.13. The number of benzene rings is 1. The van der Waals surface area contributed by atoms with Crippen LogP contribution in [0, 0.1) is 5.82 Å². The van der Waals surface area contributed by atoms with Gasteiger partial charge in [0.1, 0.15) is 17.6 Å². The van der Waals surface area contributed by atoms with Gasteiger partial charge in [-0.2, -0.15) is 0 Å². The van der Waals surface area contributed by atoms with E-state index < -0.39 is 29.9 Å². The number of halogens is 4. The summed E-state index contributed by atoms with van der Waals surface area (Å²) in [6.07, 6.45) is -5.17. The van der Waals surface area contributed by atoms with Gasteiger partial charge in [-0.3, -0.25) is 4.79 Å². The van der Waals surface area contributed by atoms with E-state index in [-0.39, 0.29) is 12.0 Å². The normalized spacial score (nSPS) is 12.9. The van der Waals surface area contributed by atoms with Crippen molar-refractivity contribution in [2.45, 2.75) is 18.8 Å². The molecule has 1 atom stereocenters. The fraction of sp³-hybridized carbons (Fsp3) is 0.364. The molecule has 0 spiro atoms. The van der Waals surface area contributed by atoms with Crippen LogP contribution in [-0.4, -0.2) is 25.5 Å². The van der Waals surface area contributed by atoms with Gasteiger partial charge < -0.3 is 15.2 Å². The fourth-order valence-corrected chi connectivity index (χ4v) is 1.38. The highest BCUT2D eigenvalue weighted by atomic mass is 19.4. The van der Waals surface area contributed by atoms with Gasteiger partial charge in [0.2, 0.25) is 0 Å². The van der Waals surface area contributed by atoms with E-state index in [2.05, 4.69) is 9.47 Å². The number of ether oxygens (including phenoxy) is 2. The van der Waals surface area contributed by atoms with Gasteiger partial charge in [-0.25, -0.2) is 4.39 Å². The minimum absolute atomic E-state index is 0.167. The lowest BCUT2D eigenvalue weighted by molar-refractivity contribution is -0.274. The van der Waals surface area contributed by atoms with E-state index in [1.165, 1.54) is 0 Å². The maximum absolute atomic E-state index is 13.4. The molecule has 2 N–H and O–H groups in total. The molecular weight excluding hydrogens is 270 g/mol. The summed E-state index contributed by atoms with van der Waals surface area (Å²) in [5.74, 6) is -2.16. The van der Waals surface area contributed by atoms with Crippen LogP contribution in [0.1, 0.15) is 5.56 Å². The summed E-state index contributed by atoms with van der Waals surface area (Å²) in [6, 6.07) is 1.31. The van der Waals surface area contributed by atoms with Crippen LogP contribution in [0.15, 0.2) is 18.2 Å². The molecular formula is C11H11F4NO3. The van der Waals surface area contributed by atoms with Crippen LogP contribution in [0.5, 0.6) is 5.75 Å². The van der Waals surface area contributed by atoms with Crippen molar-refractivity contribution in [3.05, 3.63) is 29.6 Å². The van der Waals surface area contributed by atoms with Crippen LogP contribution >= 0.6 is 0 Å². The van der Waals surface area contributed by atoms with Gasteiger partial charge in [0.05, 0.1) is 7.11 Å². The monoisotopic (exact) mass is 281 g/mol. The molecule has 0 radical (unpaired) electrons. The van der Waals surface area contributed by atoms with Gasteiger partial charge in [0.15, 0.2) is 0 Å². The first-order chi connectivity index (χ1) is 8.73. The molecule has 4 nitrogen and oxygen atoms in total. The van der Waals surface area contributed by atoms with E-state index in [1.54, 1.807) is 0 Å². The summed E-state index contributed by atoms with van der Waals surface area (Å²) >= 11 is 0. The van der Waals surface area contributed by atoms with Crippen molar-refractivity contribution in [2.24, 2.45) is 5.73 Å². The minimum Gasteiger partial charge on any atom is -0.468 e. The Balaban J connectivity index is 2.88. The Morgan fingerprint density at radius 3 is 2.58 bits per heavy atom. The topological polar surface area (TPSA) is 61.5 Å². The Morgan fingerprint density at radius 1 is 1.42 bits per heavy atom. The summed E-state index contributed by atoms with van der Waals surface area (Å²) in [4.78, 5) is 11.1. The van der Waals surface area contributed by atoms with Crippen molar-refractivity contribution in [3.63, 3.8) is 0 Å². The summed E-state index contributed by atoms with van der Waals surface area (Å²) in [7, 11) is 1.10. The molecule has 1 rings (SSSR count). The van der Waals surface area contributed by atoms with E-state index in [9.17, 15) is 22.4 Å². The zero-order valence-electron chi connectivity index (χ0n) is 9.83. The number of nitrogens with two attached hydrogens (primary N) is 1. The maximum atomic E-state index is 13.4. The number of rotatable bonds is 4. The quantitative estimate of drug-likeness (QED) is 0.675. The van der Waals surface area contributed by atoms with Crippen LogP contribution < -0.4 is 10.5 Å². The maximum Gasteiger partial charge on any atom is 0.573 e. The Morgan fingerprint density at radius 2 is 2.05 bits per heavy atom. The molecule has 0 aliphatic heterocycles. The van der Waals surface area contributed by atoms with Crippen molar-refractivity contribution in [1.82, 2.24) is 0 Å². The average molecular weight is 281 g/mol. The molecule has 19 heavy (non-hydrogen) atoms. The molecule has 0 heterocycles. The number of hydrogen-bond donors (Lipinski definition) is 1. The SMILES string of the molecule is COC(=O)[C@@H](N)Cc1cc(OC(F)(F)F)ccc1F. The van der Waals surface area contributed by atoms with Crippen LogP contribution in [0.2, 0.25) is 0 Å². The molecule has 0 fully saturated rings. The second kappa shape index (κ2) is 5.87. The Bertz CT molecular complexity index is 462. The van der Waals surface area contributed by atoms with Gasteiger partial charge >= 0.3 is 12.3 Å². The average Bonchev–Trinajstić information content (AvgIpc) is 2.30. The van der Waals surface area contributed by atoms with Crippen molar-refractivity contribution < 1.29 is 31.8 Å². The molecule has 0 aliphatic rings. The zero-order valence-corrected chi connectivity index (χ0v) is 9.83. The second-order valence-electron chi connectivity index (χ2n) is 3.63. The Hall–Kier alpha value is -1.83. The third-order valence-corrected chi connectivity index (χ3v) is 2.19. The second-order valence-corrected chi connectivity index (χ2v) is 3.63. The molecule has 106 valence electrons. The zero-order chi connectivity index (χ0) is 14.6. The number of carbonyl (C=O) groups is 1. The van der Waals surface area contributed by atoms with Gasteiger partial charge in [-0.1, -0.05) is 0 Å². The van der Waals surface area contributed by atoms with E-state index >= 15 is 0 Å². The predicted octanol–water partition coefficient (Wildman–Crippen LogP) is 1.77. The summed E-state index contributed by atoms with van der Waals surface area (Å²) in [5.41, 5.74) is 5.23. The highest BCUT2D eigenvalue weighted by Gasteiger charge is 2.31. The van der Waals surface area contributed by atoms with Gasteiger partial charge in [-0.15, -0.1) is 13.2 Å². The lowest BCUT2D eigenvalue weighted by Crippen LogP contribution is -2.33. The molecule has 0 saturated heterocycles. The number of alkyl halides is 3. The molecule has 0 unspecified atom stereocenters. The number of methoxy groups -OCH3 is 1. The minimum atomic E-state index is -4.88. The first-order valence-electron chi connectivity index (χ1n) is 5.10. The van der Waals surface area contributed by atoms with Crippen LogP contribution in [0.3, 0.4) is 0 Å². The van der Waals surface area contributed by atoms with Gasteiger partial charge in [-0.05, 0) is 23.8 Å². The summed E-state index contributed by atoms with van der Waals surface area (Å²) < 4.78 is 57.4. The third kappa shape index (κ3) is 4.74. The highest BCUT2D eigenvalue weighted by Crippen LogP contribution is 2.25. The van der Waals surface area contributed by atoms with Crippen molar-refractivity contribution in [1.29, 1.82) is 0 Å². The Kier molecular flexibility index (Phi) is 4.71. The van der Waals surface area contributed by atoms with E-state index in [0.29, 0.717) is 0 Å². The summed E-state index contributed by atoms with van der Waals surface area (Å²) in [5, 5.41) is 0. The number of hydrogen-bond acceptors (Lipinski definition) is 4. The predicted molar refractivity (Wildman–Crippen MR) is 56.8 cm³/mol. The molecule has 8 heteroatoms. The number of esters is 1. The molecule has 0 bridgehead atoms. The molecule has 1 aromatic rings. The van der Waals surface area contributed by atoms with E-state index in [1.807, 2.05) is 0 Å². The molecule has 1 aromatic carbocycles. The molecule has 0 amide bonds. The number of carbonyl (C=O) groups excluding carboxylic acids is 1. The van der Waals surface area contributed by atoms with Crippen LogP contribution in [0.4, 0.5) is 17.6 Å². The molecule has 0 aromatic heterocycles. The first kappa shape index (κ1) is 15.2. The van der Waals surface area contributed by atoms with Crippen LogP contribution in [0.25, 0.3) is 0 Å². The smallest absolute Gasteiger partial charge is 0.468 e. The van der Waals surface area contributed by atoms with Gasteiger partial charge in [0.25, 0.3) is 0 Å². The van der Waals surface area contributed by atoms with Crippen molar-refractivity contribution >= 4 is 5.97 Å². The standard InChI is InChI=1S/C11H11F4NO3/c1-18-10(17)9(16)5-6-4-7(2-3-8(6)12)19-11(13,14)15/h2-4,9H,5,16H2,1H3/t9-/m0/s1. The highest BCUT2D eigenvalue weighted by molar-refractivity contribution is 5.75. The molecule has 0 saturated carbocycles. The molecule has 0 aliphatic carbocycles.